The molecule has 0 radical (unpaired) electrons. The highest BCUT2D eigenvalue weighted by atomic mass is 15.3. The van der Waals surface area contributed by atoms with Crippen LogP contribution < -0.4 is 0 Å². The van der Waals surface area contributed by atoms with Crippen molar-refractivity contribution >= 4 is 0 Å². The van der Waals surface area contributed by atoms with E-state index in [1.165, 1.54) is 84.5 Å². The summed E-state index contributed by atoms with van der Waals surface area (Å²) < 4.78 is 0. The van der Waals surface area contributed by atoms with Crippen LogP contribution in [0.3, 0.4) is 0 Å². The van der Waals surface area contributed by atoms with Crippen molar-refractivity contribution in [1.29, 1.82) is 0 Å². The van der Waals surface area contributed by atoms with Crippen LogP contribution in [0.4, 0.5) is 0 Å². The molecule has 3 aliphatic heterocycles. The first-order valence-electron chi connectivity index (χ1n) is 11.1. The maximum absolute atomic E-state index is 2.77. The molecule has 3 saturated heterocycles. The summed E-state index contributed by atoms with van der Waals surface area (Å²) in [5.74, 6) is 1.84. The average Bonchev–Trinajstić information content (AvgIpc) is 3.22. The Morgan fingerprint density at radius 2 is 1.52 bits per heavy atom. The summed E-state index contributed by atoms with van der Waals surface area (Å²) in [4.78, 5) is 8.20. The van der Waals surface area contributed by atoms with E-state index < -0.39 is 0 Å². The van der Waals surface area contributed by atoms with E-state index in [4.69, 9.17) is 0 Å². The van der Waals surface area contributed by atoms with Crippen molar-refractivity contribution in [2.45, 2.75) is 65.8 Å². The molecule has 3 nitrogen and oxygen atoms in total. The van der Waals surface area contributed by atoms with Gasteiger partial charge in [0.15, 0.2) is 0 Å². The van der Waals surface area contributed by atoms with E-state index in [0.717, 1.165) is 23.3 Å². The van der Waals surface area contributed by atoms with Crippen LogP contribution in [0, 0.1) is 22.7 Å². The van der Waals surface area contributed by atoms with Gasteiger partial charge < -0.3 is 14.7 Å². The summed E-state index contributed by atoms with van der Waals surface area (Å²) >= 11 is 0. The van der Waals surface area contributed by atoms with Gasteiger partial charge in [-0.25, -0.2) is 0 Å². The Kier molecular flexibility index (Phi) is 4.96. The van der Waals surface area contributed by atoms with Gasteiger partial charge in [-0.3, -0.25) is 0 Å². The Hall–Kier alpha value is -0.120. The predicted molar refractivity (Wildman–Crippen MR) is 106 cm³/mol. The van der Waals surface area contributed by atoms with E-state index in [2.05, 4.69) is 42.4 Å². The monoisotopic (exact) mass is 347 g/mol. The van der Waals surface area contributed by atoms with Gasteiger partial charge in [0.1, 0.15) is 0 Å². The number of rotatable bonds is 7. The second-order valence-electron chi connectivity index (χ2n) is 11.0. The molecule has 3 heterocycles. The van der Waals surface area contributed by atoms with Crippen LogP contribution >= 0.6 is 0 Å². The van der Waals surface area contributed by atoms with Crippen molar-refractivity contribution in [3.8, 4) is 0 Å². The van der Waals surface area contributed by atoms with Crippen molar-refractivity contribution in [2.24, 2.45) is 22.7 Å². The highest BCUT2D eigenvalue weighted by Gasteiger charge is 2.48. The SMILES string of the molecule is CC(C)CC1(CN2CC(CN3CC4(CCN(C(C)C)CC4)C3)C2)CC1. The quantitative estimate of drug-likeness (QED) is 0.697. The molecule has 4 rings (SSSR count). The first-order chi connectivity index (χ1) is 11.9. The van der Waals surface area contributed by atoms with E-state index in [1.54, 1.807) is 0 Å². The van der Waals surface area contributed by atoms with Gasteiger partial charge in [0.2, 0.25) is 0 Å². The molecule has 25 heavy (non-hydrogen) atoms. The molecular formula is C22H41N3. The fourth-order valence-corrected chi connectivity index (χ4v) is 6.09. The number of piperidine rings is 1. The lowest BCUT2D eigenvalue weighted by Crippen LogP contribution is -2.63. The van der Waals surface area contributed by atoms with Crippen molar-refractivity contribution in [3.05, 3.63) is 0 Å². The fourth-order valence-electron chi connectivity index (χ4n) is 6.09. The van der Waals surface area contributed by atoms with Crippen LogP contribution in [0.15, 0.2) is 0 Å². The third-order valence-electron chi connectivity index (χ3n) is 7.61. The van der Waals surface area contributed by atoms with E-state index in [1.807, 2.05) is 0 Å². The number of hydrogen-bond acceptors (Lipinski definition) is 3. The van der Waals surface area contributed by atoms with Gasteiger partial charge in [-0.15, -0.1) is 0 Å². The van der Waals surface area contributed by atoms with E-state index >= 15 is 0 Å². The second-order valence-corrected chi connectivity index (χ2v) is 11.0. The second kappa shape index (κ2) is 6.80. The highest BCUT2D eigenvalue weighted by Crippen LogP contribution is 2.52. The maximum atomic E-state index is 2.77. The van der Waals surface area contributed by atoms with Gasteiger partial charge in [0.05, 0.1) is 0 Å². The molecule has 1 spiro atoms. The molecule has 1 saturated carbocycles. The van der Waals surface area contributed by atoms with Gasteiger partial charge in [0, 0.05) is 45.3 Å². The molecule has 3 heteroatoms. The van der Waals surface area contributed by atoms with Crippen LogP contribution in [0.5, 0.6) is 0 Å². The summed E-state index contributed by atoms with van der Waals surface area (Å²) in [5, 5.41) is 0. The normalized spacial score (nSPS) is 30.0. The maximum Gasteiger partial charge on any atom is 0.00516 e. The third-order valence-corrected chi connectivity index (χ3v) is 7.61. The van der Waals surface area contributed by atoms with Crippen LogP contribution in [-0.4, -0.2) is 73.1 Å². The summed E-state index contributed by atoms with van der Waals surface area (Å²) in [6, 6.07) is 0.736. The van der Waals surface area contributed by atoms with E-state index in [9.17, 15) is 0 Å². The lowest BCUT2D eigenvalue weighted by molar-refractivity contribution is -0.0716. The van der Waals surface area contributed by atoms with Gasteiger partial charge in [-0.2, -0.15) is 0 Å². The smallest absolute Gasteiger partial charge is 0.00516 e. The molecule has 0 aromatic heterocycles. The fraction of sp³-hybridized carbons (Fsp3) is 1.00. The Labute approximate surface area is 156 Å². The third kappa shape index (κ3) is 4.09. The van der Waals surface area contributed by atoms with Crippen molar-refractivity contribution in [2.75, 3.05) is 52.4 Å². The van der Waals surface area contributed by atoms with Gasteiger partial charge in [-0.1, -0.05) is 13.8 Å². The zero-order chi connectivity index (χ0) is 17.7. The summed E-state index contributed by atoms with van der Waals surface area (Å²) in [6.07, 6.45) is 7.32. The van der Waals surface area contributed by atoms with E-state index in [0.29, 0.717) is 5.41 Å². The molecule has 4 fully saturated rings. The Morgan fingerprint density at radius 3 is 2.04 bits per heavy atom. The zero-order valence-corrected chi connectivity index (χ0v) is 17.3. The Bertz CT molecular complexity index is 446. The number of hydrogen-bond donors (Lipinski definition) is 0. The molecule has 0 N–H and O–H groups in total. The van der Waals surface area contributed by atoms with Gasteiger partial charge in [0.25, 0.3) is 0 Å². The van der Waals surface area contributed by atoms with Crippen molar-refractivity contribution in [1.82, 2.24) is 14.7 Å². The Balaban J connectivity index is 1.12. The summed E-state index contributed by atoms with van der Waals surface area (Å²) in [5.41, 5.74) is 1.43. The summed E-state index contributed by atoms with van der Waals surface area (Å²) in [6.45, 7) is 20.5. The first kappa shape index (κ1) is 18.3. The van der Waals surface area contributed by atoms with Crippen LogP contribution in [0.1, 0.15) is 59.8 Å². The van der Waals surface area contributed by atoms with E-state index in [-0.39, 0.29) is 0 Å². The minimum absolute atomic E-state index is 0.699. The lowest BCUT2D eigenvalue weighted by Gasteiger charge is -2.56. The van der Waals surface area contributed by atoms with Crippen LogP contribution in [0.2, 0.25) is 0 Å². The molecule has 0 atom stereocenters. The number of likely N-dealkylation sites (tertiary alicyclic amines) is 3. The van der Waals surface area contributed by atoms with Crippen molar-refractivity contribution < 1.29 is 0 Å². The molecule has 0 unspecified atom stereocenters. The van der Waals surface area contributed by atoms with Gasteiger partial charge in [-0.05, 0) is 81.7 Å². The minimum atomic E-state index is 0.699. The summed E-state index contributed by atoms with van der Waals surface area (Å²) in [7, 11) is 0. The first-order valence-corrected chi connectivity index (χ1v) is 11.1. The predicted octanol–water partition coefficient (Wildman–Crippen LogP) is 3.55. The number of nitrogens with zero attached hydrogens (tertiary/aromatic N) is 3. The largest absolute Gasteiger partial charge is 0.302 e. The van der Waals surface area contributed by atoms with Crippen molar-refractivity contribution in [3.63, 3.8) is 0 Å². The molecular weight excluding hydrogens is 306 g/mol. The molecule has 0 amide bonds. The molecule has 4 aliphatic rings. The molecule has 0 aromatic rings. The standard InChI is InChI=1S/C22H41N3/c1-18(2)11-21(5-6-21)15-23-12-20(13-23)14-24-16-22(17-24)7-9-25(10-8-22)19(3)4/h18-20H,5-17H2,1-4H3. The molecule has 0 aromatic carbocycles. The minimum Gasteiger partial charge on any atom is -0.302 e. The van der Waals surface area contributed by atoms with Crippen LogP contribution in [-0.2, 0) is 0 Å². The van der Waals surface area contributed by atoms with Crippen LogP contribution in [0.25, 0.3) is 0 Å². The Morgan fingerprint density at radius 1 is 0.880 bits per heavy atom. The highest BCUT2D eigenvalue weighted by molar-refractivity contribution is 5.01. The van der Waals surface area contributed by atoms with Gasteiger partial charge >= 0.3 is 0 Å². The average molecular weight is 348 g/mol. The molecule has 0 bridgehead atoms. The topological polar surface area (TPSA) is 9.72 Å². The molecule has 1 aliphatic carbocycles. The molecule has 144 valence electrons. The lowest BCUT2D eigenvalue weighted by atomic mass is 9.71. The zero-order valence-electron chi connectivity index (χ0n) is 17.3.